The number of rotatable bonds is 0. The third-order valence-corrected chi connectivity index (χ3v) is 0.760. The minimum absolute atomic E-state index is 0.928. The quantitative estimate of drug-likeness (QED) is 0.508. The van der Waals surface area contributed by atoms with Crippen LogP contribution in [-0.2, 0) is 0 Å². The number of aryl methyl sites for hydroxylation is 2. The molecule has 37 valence electrons. The van der Waals surface area contributed by atoms with E-state index in [1.165, 1.54) is 0 Å². The van der Waals surface area contributed by atoms with Crippen molar-refractivity contribution < 1.29 is 0 Å². The molecule has 0 fully saturated rings. The Morgan fingerprint density at radius 1 is 1.57 bits per heavy atom. The summed E-state index contributed by atoms with van der Waals surface area (Å²) in [6, 6.07) is 2.97. The van der Waals surface area contributed by atoms with Crippen molar-refractivity contribution in [3.63, 3.8) is 0 Å². The summed E-state index contributed by atoms with van der Waals surface area (Å²) in [6.07, 6.45) is 0. The van der Waals surface area contributed by atoms with E-state index in [1.54, 1.807) is 0 Å². The van der Waals surface area contributed by atoms with E-state index in [9.17, 15) is 0 Å². The van der Waals surface area contributed by atoms with Crippen LogP contribution in [0.4, 0.5) is 0 Å². The van der Waals surface area contributed by atoms with Gasteiger partial charge in [-0.1, -0.05) is 0 Å². The Morgan fingerprint density at radius 3 is 2.43 bits per heavy atom. The van der Waals surface area contributed by atoms with E-state index in [1.807, 2.05) is 13.8 Å². The number of aromatic nitrogens is 2. The largest absolute Gasteiger partial charge is 0.282 e. The third kappa shape index (κ3) is 0.796. The van der Waals surface area contributed by atoms with Gasteiger partial charge >= 0.3 is 0 Å². The van der Waals surface area contributed by atoms with Gasteiger partial charge in [-0.3, -0.25) is 5.10 Å². The number of nitrogens with zero attached hydrogens (tertiary/aromatic N) is 1. The van der Waals surface area contributed by atoms with E-state index in [0.29, 0.717) is 0 Å². The van der Waals surface area contributed by atoms with Crippen LogP contribution < -0.4 is 0 Å². The second-order valence-corrected chi connectivity index (χ2v) is 1.56. The minimum atomic E-state index is 0.928. The molecule has 0 atom stereocenters. The molecule has 0 saturated heterocycles. The van der Waals surface area contributed by atoms with E-state index in [-0.39, 0.29) is 0 Å². The van der Waals surface area contributed by atoms with Crippen molar-refractivity contribution in [3.05, 3.63) is 17.5 Å². The van der Waals surface area contributed by atoms with E-state index < -0.39 is 0 Å². The fourth-order valence-electron chi connectivity index (χ4n) is 0.495. The highest BCUT2D eigenvalue weighted by molar-refractivity contribution is 5.00. The molecule has 0 aliphatic heterocycles. The van der Waals surface area contributed by atoms with Crippen molar-refractivity contribution in [2.45, 2.75) is 13.8 Å². The van der Waals surface area contributed by atoms with Crippen LogP contribution in [0.25, 0.3) is 0 Å². The number of hydrogen-bond donors (Lipinski definition) is 1. The lowest BCUT2D eigenvalue weighted by molar-refractivity contribution is 1.02. The zero-order valence-electron chi connectivity index (χ0n) is 4.45. The van der Waals surface area contributed by atoms with Crippen LogP contribution in [0.3, 0.4) is 0 Å². The van der Waals surface area contributed by atoms with Gasteiger partial charge in [0.15, 0.2) is 0 Å². The molecule has 2 heteroatoms. The first kappa shape index (κ1) is 4.37. The second kappa shape index (κ2) is 1.37. The molecule has 0 saturated carbocycles. The molecule has 0 bridgehead atoms. The van der Waals surface area contributed by atoms with Gasteiger partial charge in [0.25, 0.3) is 0 Å². The van der Waals surface area contributed by atoms with Crippen molar-refractivity contribution in [2.75, 3.05) is 0 Å². The first-order valence-corrected chi connectivity index (χ1v) is 2.20. The molecule has 1 rings (SSSR count). The average molecular weight is 95.1 g/mol. The van der Waals surface area contributed by atoms with Crippen molar-refractivity contribution in [2.24, 2.45) is 0 Å². The maximum absolute atomic E-state index is 3.84. The van der Waals surface area contributed by atoms with E-state index in [4.69, 9.17) is 0 Å². The molecule has 0 spiro atoms. The monoisotopic (exact) mass is 95.1 g/mol. The molecule has 2 nitrogen and oxygen atoms in total. The predicted octanol–water partition coefficient (Wildman–Crippen LogP) is 0.827. The lowest BCUT2D eigenvalue weighted by Gasteiger charge is -1.67. The molecule has 1 N–H and O–H groups in total. The Kier molecular flexibility index (Phi) is 0.855. The first-order chi connectivity index (χ1) is 3.29. The van der Waals surface area contributed by atoms with Gasteiger partial charge in [0.05, 0.1) is 5.69 Å². The zero-order valence-corrected chi connectivity index (χ0v) is 4.45. The van der Waals surface area contributed by atoms with E-state index in [0.717, 1.165) is 11.4 Å². The molecular weight excluding hydrogens is 88.1 g/mol. The van der Waals surface area contributed by atoms with Gasteiger partial charge in [-0.2, -0.15) is 5.10 Å². The molecule has 0 amide bonds. The molecule has 0 aliphatic carbocycles. The van der Waals surface area contributed by atoms with Crippen LogP contribution in [-0.4, -0.2) is 10.2 Å². The molecule has 0 unspecified atom stereocenters. The summed E-state index contributed by atoms with van der Waals surface area (Å²) in [5.74, 6) is 0. The Balaban J connectivity index is 3.04. The van der Waals surface area contributed by atoms with Gasteiger partial charge in [0.1, 0.15) is 0 Å². The average Bonchev–Trinajstić information content (AvgIpc) is 1.87. The Bertz CT molecular complexity index is 138. The summed E-state index contributed by atoms with van der Waals surface area (Å²) in [5.41, 5.74) is 1.93. The molecule has 1 aromatic rings. The van der Waals surface area contributed by atoms with Gasteiger partial charge in [0, 0.05) is 11.8 Å². The highest BCUT2D eigenvalue weighted by atomic mass is 15.1. The van der Waals surface area contributed by atoms with E-state index >= 15 is 0 Å². The van der Waals surface area contributed by atoms with E-state index in [2.05, 4.69) is 16.3 Å². The maximum Gasteiger partial charge on any atom is 0.0673 e. The summed E-state index contributed by atoms with van der Waals surface area (Å²) in [4.78, 5) is 0. The number of aromatic amines is 1. The summed E-state index contributed by atoms with van der Waals surface area (Å²) in [7, 11) is 0. The van der Waals surface area contributed by atoms with Crippen molar-refractivity contribution in [1.82, 2.24) is 10.2 Å². The standard InChI is InChI=1S/C5H7N2/c1-4-3-5(2)7-6-4/h1-2H3,(H,6,7). The molecule has 1 radical (unpaired) electrons. The normalized spacial score (nSPS) is 9.43. The number of nitrogens with one attached hydrogen (secondary N) is 1. The molecule has 0 aromatic carbocycles. The summed E-state index contributed by atoms with van der Waals surface area (Å²) in [6.45, 7) is 3.84. The van der Waals surface area contributed by atoms with Crippen LogP contribution in [0.15, 0.2) is 0 Å². The number of hydrogen-bond acceptors (Lipinski definition) is 1. The fourth-order valence-corrected chi connectivity index (χ4v) is 0.495. The highest BCUT2D eigenvalue weighted by Gasteiger charge is 1.85. The lowest BCUT2D eigenvalue weighted by Crippen LogP contribution is -1.68. The maximum atomic E-state index is 3.84. The van der Waals surface area contributed by atoms with Crippen molar-refractivity contribution in [3.8, 4) is 0 Å². The third-order valence-electron chi connectivity index (χ3n) is 0.760. The Hall–Kier alpha value is -0.790. The summed E-state index contributed by atoms with van der Waals surface area (Å²) in [5, 5.41) is 6.60. The van der Waals surface area contributed by atoms with Gasteiger partial charge in [-0.15, -0.1) is 0 Å². The highest BCUT2D eigenvalue weighted by Crippen LogP contribution is 1.90. The minimum Gasteiger partial charge on any atom is -0.282 e. The lowest BCUT2D eigenvalue weighted by atomic mass is 10.4. The smallest absolute Gasteiger partial charge is 0.0673 e. The van der Waals surface area contributed by atoms with Crippen LogP contribution >= 0.6 is 0 Å². The summed E-state index contributed by atoms with van der Waals surface area (Å²) >= 11 is 0. The predicted molar refractivity (Wildman–Crippen MR) is 26.9 cm³/mol. The topological polar surface area (TPSA) is 28.7 Å². The van der Waals surface area contributed by atoms with Gasteiger partial charge in [0.2, 0.25) is 0 Å². The van der Waals surface area contributed by atoms with Gasteiger partial charge < -0.3 is 0 Å². The van der Waals surface area contributed by atoms with Gasteiger partial charge in [-0.25, -0.2) is 0 Å². The molecule has 0 aliphatic rings. The SMILES string of the molecule is Cc1[c]c(C)[nH]n1. The second-order valence-electron chi connectivity index (χ2n) is 1.56. The summed E-state index contributed by atoms with van der Waals surface area (Å²) < 4.78 is 0. The number of H-pyrrole nitrogens is 1. The fraction of sp³-hybridized carbons (Fsp3) is 0.400. The van der Waals surface area contributed by atoms with Crippen LogP contribution in [0.2, 0.25) is 0 Å². The van der Waals surface area contributed by atoms with Crippen molar-refractivity contribution >= 4 is 0 Å². The van der Waals surface area contributed by atoms with Crippen molar-refractivity contribution in [1.29, 1.82) is 0 Å². The van der Waals surface area contributed by atoms with Crippen LogP contribution in [0.5, 0.6) is 0 Å². The first-order valence-electron chi connectivity index (χ1n) is 2.20. The van der Waals surface area contributed by atoms with Crippen LogP contribution in [0.1, 0.15) is 11.4 Å². The Morgan fingerprint density at radius 2 is 2.29 bits per heavy atom. The molecule has 1 aromatic heterocycles. The molecular formula is C5H7N2. The zero-order chi connectivity index (χ0) is 5.28. The molecule has 7 heavy (non-hydrogen) atoms. The van der Waals surface area contributed by atoms with Gasteiger partial charge in [-0.05, 0) is 13.8 Å². The van der Waals surface area contributed by atoms with Crippen LogP contribution in [0, 0.1) is 19.9 Å². The Labute approximate surface area is 42.6 Å². The molecule has 1 heterocycles.